The number of carbonyl (C=O) groups is 1. The number of H-pyrrole nitrogens is 1. The molecular weight excluding hydrogens is 244 g/mol. The summed E-state index contributed by atoms with van der Waals surface area (Å²) in [5.41, 5.74) is 2.04. The lowest BCUT2D eigenvalue weighted by molar-refractivity contribution is -0.839. The van der Waals surface area contributed by atoms with Crippen LogP contribution < -0.4 is 4.74 Å². The molecule has 0 unspecified atom stereocenters. The van der Waals surface area contributed by atoms with Crippen molar-refractivity contribution in [3.8, 4) is 5.75 Å². The summed E-state index contributed by atoms with van der Waals surface area (Å²) in [5.74, 6) is 0.186. The minimum atomic E-state index is -0.339. The van der Waals surface area contributed by atoms with E-state index >= 15 is 0 Å². The molecule has 5 heteroatoms. The number of quaternary nitrogens is 1. The number of ether oxygens (including phenoxy) is 1. The number of aromatic amines is 1. The van der Waals surface area contributed by atoms with Crippen molar-refractivity contribution in [3.63, 3.8) is 0 Å². The molecule has 0 spiro atoms. The van der Waals surface area contributed by atoms with Gasteiger partial charge in [0, 0.05) is 30.4 Å². The van der Waals surface area contributed by atoms with Crippen molar-refractivity contribution < 1.29 is 14.2 Å². The molecule has 0 aliphatic heterocycles. The number of hydroxylamine groups is 3. The summed E-state index contributed by atoms with van der Waals surface area (Å²) >= 11 is 0. The zero-order valence-electron chi connectivity index (χ0n) is 11.4. The third kappa shape index (κ3) is 3.56. The van der Waals surface area contributed by atoms with Gasteiger partial charge in [-0.2, -0.15) is 0 Å². The van der Waals surface area contributed by atoms with Crippen LogP contribution in [0.2, 0.25) is 0 Å². The lowest BCUT2D eigenvalue weighted by Crippen LogP contribution is -2.34. The van der Waals surface area contributed by atoms with Gasteiger partial charge in [0.25, 0.3) is 0 Å². The zero-order valence-corrected chi connectivity index (χ0v) is 11.4. The second-order valence-electron chi connectivity index (χ2n) is 5.16. The lowest BCUT2D eigenvalue weighted by atomic mass is 10.1. The average Bonchev–Trinajstić information content (AvgIpc) is 2.67. The van der Waals surface area contributed by atoms with Gasteiger partial charge in [0.05, 0.1) is 20.6 Å². The number of esters is 1. The van der Waals surface area contributed by atoms with E-state index in [0.717, 1.165) is 16.5 Å². The quantitative estimate of drug-likeness (QED) is 0.397. The number of fused-ring (bicyclic) bond motifs is 1. The standard InChI is InChI=1S/C14H18N2O3/c1-10(17)19-12-4-5-14-13(8-12)11(9-15-14)6-7-16(2,3)18/h4-5,8-9,15H,6-7H2,1-3H3. The Morgan fingerprint density at radius 2 is 2.16 bits per heavy atom. The van der Waals surface area contributed by atoms with E-state index in [0.29, 0.717) is 18.7 Å². The Hall–Kier alpha value is -1.85. The van der Waals surface area contributed by atoms with E-state index in [1.54, 1.807) is 20.2 Å². The maximum Gasteiger partial charge on any atom is 0.308 e. The zero-order chi connectivity index (χ0) is 14.0. The van der Waals surface area contributed by atoms with E-state index in [-0.39, 0.29) is 10.6 Å². The third-order valence-electron chi connectivity index (χ3n) is 2.92. The maximum atomic E-state index is 11.6. The minimum absolute atomic E-state index is 0.323. The van der Waals surface area contributed by atoms with Crippen LogP contribution in [0.25, 0.3) is 10.9 Å². The molecule has 0 bridgehead atoms. The molecule has 19 heavy (non-hydrogen) atoms. The summed E-state index contributed by atoms with van der Waals surface area (Å²) in [5, 5.41) is 12.6. The molecule has 0 amide bonds. The largest absolute Gasteiger partial charge is 0.633 e. The fourth-order valence-corrected chi connectivity index (χ4v) is 1.98. The van der Waals surface area contributed by atoms with Crippen molar-refractivity contribution in [1.82, 2.24) is 4.98 Å². The van der Waals surface area contributed by atoms with Gasteiger partial charge >= 0.3 is 5.97 Å². The number of likely N-dealkylation sites (N-methyl/N-ethyl adjacent to an activating group) is 1. The van der Waals surface area contributed by atoms with Gasteiger partial charge in [-0.1, -0.05) is 0 Å². The molecule has 0 radical (unpaired) electrons. The molecule has 1 heterocycles. The second kappa shape index (κ2) is 5.03. The third-order valence-corrected chi connectivity index (χ3v) is 2.92. The fraction of sp³-hybridized carbons (Fsp3) is 0.357. The highest BCUT2D eigenvalue weighted by molar-refractivity contribution is 5.85. The van der Waals surface area contributed by atoms with E-state index < -0.39 is 0 Å². The van der Waals surface area contributed by atoms with Gasteiger partial charge in [-0.05, 0) is 23.8 Å². The molecule has 0 saturated carbocycles. The van der Waals surface area contributed by atoms with Crippen LogP contribution in [0.4, 0.5) is 0 Å². The van der Waals surface area contributed by atoms with E-state index in [1.807, 2.05) is 18.3 Å². The summed E-state index contributed by atoms with van der Waals surface area (Å²) in [6.07, 6.45) is 2.58. The predicted octanol–water partition coefficient (Wildman–Crippen LogP) is 2.21. The number of carbonyl (C=O) groups excluding carboxylic acids is 1. The Labute approximate surface area is 112 Å². The van der Waals surface area contributed by atoms with Crippen LogP contribution in [0.15, 0.2) is 24.4 Å². The molecule has 0 atom stereocenters. The van der Waals surface area contributed by atoms with Crippen molar-refractivity contribution in [2.45, 2.75) is 13.3 Å². The molecule has 2 rings (SSSR count). The Balaban J connectivity index is 2.26. The highest BCUT2D eigenvalue weighted by Gasteiger charge is 2.09. The Morgan fingerprint density at radius 3 is 2.79 bits per heavy atom. The highest BCUT2D eigenvalue weighted by atomic mass is 16.5. The summed E-state index contributed by atoms with van der Waals surface area (Å²) in [4.78, 5) is 14.1. The normalized spacial score (nSPS) is 11.8. The smallest absolute Gasteiger partial charge is 0.308 e. The lowest BCUT2D eigenvalue weighted by Gasteiger charge is -2.33. The molecule has 1 aromatic carbocycles. The van der Waals surface area contributed by atoms with Crippen LogP contribution in [-0.4, -0.2) is 36.2 Å². The van der Waals surface area contributed by atoms with Gasteiger partial charge in [-0.25, -0.2) is 0 Å². The van der Waals surface area contributed by atoms with Gasteiger partial charge in [0.1, 0.15) is 5.75 Å². The van der Waals surface area contributed by atoms with Crippen molar-refractivity contribution in [2.24, 2.45) is 0 Å². The molecule has 102 valence electrons. The fourth-order valence-electron chi connectivity index (χ4n) is 1.98. The molecule has 1 aromatic heterocycles. The Kier molecular flexibility index (Phi) is 3.59. The number of nitrogens with one attached hydrogen (secondary N) is 1. The topological polar surface area (TPSA) is 65.2 Å². The average molecular weight is 262 g/mol. The molecule has 1 N–H and O–H groups in total. The Morgan fingerprint density at radius 1 is 1.42 bits per heavy atom. The number of aromatic nitrogens is 1. The number of hydrogen-bond donors (Lipinski definition) is 1. The van der Waals surface area contributed by atoms with E-state index in [2.05, 4.69) is 4.98 Å². The van der Waals surface area contributed by atoms with Gasteiger partial charge in [0.15, 0.2) is 0 Å². The number of rotatable bonds is 4. The first-order valence-corrected chi connectivity index (χ1v) is 6.17. The van der Waals surface area contributed by atoms with Gasteiger partial charge in [-0.15, -0.1) is 0 Å². The molecule has 0 fully saturated rings. The first kappa shape index (κ1) is 13.6. The number of nitrogens with zero attached hydrogens (tertiary/aromatic N) is 1. The molecular formula is C14H18N2O3. The van der Waals surface area contributed by atoms with E-state index in [1.165, 1.54) is 6.92 Å². The van der Waals surface area contributed by atoms with Gasteiger partial charge in [-0.3, -0.25) is 4.79 Å². The van der Waals surface area contributed by atoms with Crippen molar-refractivity contribution in [3.05, 3.63) is 35.2 Å². The van der Waals surface area contributed by atoms with Crippen LogP contribution in [0, 0.1) is 5.21 Å². The molecule has 0 aliphatic rings. The van der Waals surface area contributed by atoms with Crippen LogP contribution >= 0.6 is 0 Å². The molecule has 2 aromatic rings. The van der Waals surface area contributed by atoms with Crippen molar-refractivity contribution in [1.29, 1.82) is 0 Å². The van der Waals surface area contributed by atoms with Crippen LogP contribution in [-0.2, 0) is 11.2 Å². The predicted molar refractivity (Wildman–Crippen MR) is 73.7 cm³/mol. The maximum absolute atomic E-state index is 11.6. The summed E-state index contributed by atoms with van der Waals surface area (Å²) < 4.78 is 4.75. The summed E-state index contributed by atoms with van der Waals surface area (Å²) in [7, 11) is 3.25. The van der Waals surface area contributed by atoms with Crippen LogP contribution in [0.3, 0.4) is 0 Å². The van der Waals surface area contributed by atoms with E-state index in [9.17, 15) is 10.0 Å². The molecule has 0 aliphatic carbocycles. The van der Waals surface area contributed by atoms with Crippen molar-refractivity contribution >= 4 is 16.9 Å². The van der Waals surface area contributed by atoms with Gasteiger partial charge in [0.2, 0.25) is 0 Å². The Bertz CT molecular complexity index is 596. The monoisotopic (exact) mass is 262 g/mol. The molecule has 0 saturated heterocycles. The second-order valence-corrected chi connectivity index (χ2v) is 5.16. The minimum Gasteiger partial charge on any atom is -0.633 e. The number of benzene rings is 1. The SMILES string of the molecule is CC(=O)Oc1ccc2[nH]cc(CC[N+](C)(C)[O-])c2c1. The highest BCUT2D eigenvalue weighted by Crippen LogP contribution is 2.24. The van der Waals surface area contributed by atoms with E-state index in [4.69, 9.17) is 4.74 Å². The molecule has 5 nitrogen and oxygen atoms in total. The van der Waals surface area contributed by atoms with Gasteiger partial charge < -0.3 is 19.6 Å². The first-order chi connectivity index (χ1) is 8.85. The van der Waals surface area contributed by atoms with Crippen LogP contribution in [0.1, 0.15) is 12.5 Å². The summed E-state index contributed by atoms with van der Waals surface area (Å²) in [6.45, 7) is 1.88. The summed E-state index contributed by atoms with van der Waals surface area (Å²) in [6, 6.07) is 5.44. The van der Waals surface area contributed by atoms with Crippen LogP contribution in [0.5, 0.6) is 5.75 Å². The number of hydrogen-bond acceptors (Lipinski definition) is 3. The van der Waals surface area contributed by atoms with Crippen molar-refractivity contribution in [2.75, 3.05) is 20.6 Å². The first-order valence-electron chi connectivity index (χ1n) is 6.17.